The Morgan fingerprint density at radius 2 is 2.25 bits per heavy atom. The van der Waals surface area contributed by atoms with Gasteiger partial charge >= 0.3 is 0 Å². The average Bonchev–Trinajstić information content (AvgIpc) is 2.32. The van der Waals surface area contributed by atoms with Gasteiger partial charge in [-0.1, -0.05) is 18.0 Å². The van der Waals surface area contributed by atoms with E-state index in [1.165, 1.54) is 24.6 Å². The average molecular weight is 261 g/mol. The molecular weight excluding hydrogens is 247 g/mol. The van der Waals surface area contributed by atoms with Gasteiger partial charge in [-0.2, -0.15) is 11.8 Å². The Balaban J connectivity index is 2.18. The SMILES string of the molecule is OC(c1cc(F)ccc1Cl)C1CCCCS1. The molecule has 1 aromatic carbocycles. The van der Waals surface area contributed by atoms with Gasteiger partial charge in [0.15, 0.2) is 0 Å². The number of aliphatic hydroxyl groups is 1. The smallest absolute Gasteiger partial charge is 0.123 e. The van der Waals surface area contributed by atoms with Crippen molar-refractivity contribution in [1.82, 2.24) is 0 Å². The Labute approximate surface area is 104 Å². The van der Waals surface area contributed by atoms with Crippen molar-refractivity contribution >= 4 is 23.4 Å². The Bertz CT molecular complexity index is 366. The molecule has 0 saturated carbocycles. The Morgan fingerprint density at radius 1 is 1.44 bits per heavy atom. The molecule has 1 heterocycles. The Hall–Kier alpha value is -0.250. The minimum absolute atomic E-state index is 0.146. The molecule has 1 nitrogen and oxygen atoms in total. The molecule has 0 spiro atoms. The van der Waals surface area contributed by atoms with Gasteiger partial charge in [0.05, 0.1) is 6.10 Å². The molecule has 4 heteroatoms. The summed E-state index contributed by atoms with van der Waals surface area (Å²) >= 11 is 7.72. The Morgan fingerprint density at radius 3 is 2.94 bits per heavy atom. The summed E-state index contributed by atoms with van der Waals surface area (Å²) in [6, 6.07) is 4.15. The molecule has 0 bridgehead atoms. The highest BCUT2D eigenvalue weighted by Crippen LogP contribution is 2.37. The van der Waals surface area contributed by atoms with Crippen molar-refractivity contribution in [3.05, 3.63) is 34.6 Å². The van der Waals surface area contributed by atoms with Crippen molar-refractivity contribution in [1.29, 1.82) is 0 Å². The highest BCUT2D eigenvalue weighted by atomic mass is 35.5. The maximum atomic E-state index is 13.1. The fourth-order valence-corrected chi connectivity index (χ4v) is 3.52. The summed E-state index contributed by atoms with van der Waals surface area (Å²) in [6.45, 7) is 0. The van der Waals surface area contributed by atoms with Gasteiger partial charge in [0, 0.05) is 15.8 Å². The maximum absolute atomic E-state index is 13.1. The Kier molecular flexibility index (Phi) is 4.11. The molecular formula is C12H14ClFOS. The quantitative estimate of drug-likeness (QED) is 0.873. The van der Waals surface area contributed by atoms with Gasteiger partial charge in [-0.05, 0) is 36.8 Å². The van der Waals surface area contributed by atoms with Gasteiger partial charge < -0.3 is 5.11 Å². The summed E-state index contributed by atoms with van der Waals surface area (Å²) in [4.78, 5) is 0. The zero-order valence-corrected chi connectivity index (χ0v) is 10.4. The van der Waals surface area contributed by atoms with Gasteiger partial charge in [-0.25, -0.2) is 4.39 Å². The van der Waals surface area contributed by atoms with Crippen LogP contribution in [0.1, 0.15) is 30.9 Å². The molecule has 1 aliphatic rings. The second kappa shape index (κ2) is 5.39. The number of rotatable bonds is 2. The molecule has 0 aromatic heterocycles. The van der Waals surface area contributed by atoms with E-state index in [1.54, 1.807) is 11.8 Å². The molecule has 1 N–H and O–H groups in total. The first-order chi connectivity index (χ1) is 7.68. The second-order valence-electron chi connectivity index (χ2n) is 4.02. The molecule has 16 heavy (non-hydrogen) atoms. The summed E-state index contributed by atoms with van der Waals surface area (Å²) in [6.07, 6.45) is 2.64. The lowest BCUT2D eigenvalue weighted by atomic mass is 10.0. The standard InChI is InChI=1S/C12H14ClFOS/c13-10-5-4-8(14)7-9(10)12(15)11-3-1-2-6-16-11/h4-5,7,11-12,15H,1-3,6H2. The van der Waals surface area contributed by atoms with Crippen molar-refractivity contribution in [3.63, 3.8) is 0 Å². The first-order valence-electron chi connectivity index (χ1n) is 5.43. The fourth-order valence-electron chi connectivity index (χ4n) is 1.96. The van der Waals surface area contributed by atoms with E-state index >= 15 is 0 Å². The van der Waals surface area contributed by atoms with Crippen molar-refractivity contribution < 1.29 is 9.50 Å². The maximum Gasteiger partial charge on any atom is 0.123 e. The van der Waals surface area contributed by atoms with E-state index < -0.39 is 6.10 Å². The zero-order chi connectivity index (χ0) is 11.5. The second-order valence-corrected chi connectivity index (χ2v) is 5.77. The lowest BCUT2D eigenvalue weighted by Crippen LogP contribution is -2.19. The number of aliphatic hydroxyl groups excluding tert-OH is 1. The number of benzene rings is 1. The molecule has 2 atom stereocenters. The van der Waals surface area contributed by atoms with Crippen LogP contribution in [-0.2, 0) is 0 Å². The molecule has 0 aliphatic carbocycles. The third-order valence-corrected chi connectivity index (χ3v) is 4.63. The zero-order valence-electron chi connectivity index (χ0n) is 8.83. The normalized spacial score (nSPS) is 23.1. The third kappa shape index (κ3) is 2.70. The summed E-state index contributed by atoms with van der Waals surface area (Å²) in [5.74, 6) is 0.716. The van der Waals surface area contributed by atoms with E-state index in [4.69, 9.17) is 11.6 Å². The predicted molar refractivity (Wildman–Crippen MR) is 66.5 cm³/mol. The summed E-state index contributed by atoms with van der Waals surface area (Å²) in [5, 5.41) is 10.8. The largest absolute Gasteiger partial charge is 0.387 e. The van der Waals surface area contributed by atoms with Crippen LogP contribution in [0.25, 0.3) is 0 Å². The summed E-state index contributed by atoms with van der Waals surface area (Å²) in [5.41, 5.74) is 0.515. The molecule has 88 valence electrons. The lowest BCUT2D eigenvalue weighted by molar-refractivity contribution is 0.168. The molecule has 0 amide bonds. The van der Waals surface area contributed by atoms with E-state index in [1.807, 2.05) is 0 Å². The highest BCUT2D eigenvalue weighted by Gasteiger charge is 2.25. The minimum Gasteiger partial charge on any atom is -0.387 e. The van der Waals surface area contributed by atoms with Crippen LogP contribution in [0.15, 0.2) is 18.2 Å². The molecule has 1 fully saturated rings. The van der Waals surface area contributed by atoms with E-state index in [-0.39, 0.29) is 11.1 Å². The van der Waals surface area contributed by atoms with Gasteiger partial charge in [0.1, 0.15) is 5.82 Å². The van der Waals surface area contributed by atoms with E-state index in [9.17, 15) is 9.50 Å². The predicted octanol–water partition coefficient (Wildman–Crippen LogP) is 3.80. The fraction of sp³-hybridized carbons (Fsp3) is 0.500. The number of thioether (sulfide) groups is 1. The van der Waals surface area contributed by atoms with E-state index in [0.29, 0.717) is 10.6 Å². The van der Waals surface area contributed by atoms with Crippen LogP contribution in [0.2, 0.25) is 5.02 Å². The molecule has 0 radical (unpaired) electrons. The van der Waals surface area contributed by atoms with Gasteiger partial charge in [-0.15, -0.1) is 0 Å². The van der Waals surface area contributed by atoms with E-state index in [0.717, 1.165) is 18.6 Å². The molecule has 1 aromatic rings. The van der Waals surface area contributed by atoms with Crippen LogP contribution in [0, 0.1) is 5.82 Å². The van der Waals surface area contributed by atoms with Crippen molar-refractivity contribution in [2.45, 2.75) is 30.6 Å². The van der Waals surface area contributed by atoms with Gasteiger partial charge in [0.25, 0.3) is 0 Å². The molecule has 2 rings (SSSR count). The highest BCUT2D eigenvalue weighted by molar-refractivity contribution is 7.99. The lowest BCUT2D eigenvalue weighted by Gasteiger charge is -2.26. The van der Waals surface area contributed by atoms with Crippen molar-refractivity contribution in [2.75, 3.05) is 5.75 Å². The van der Waals surface area contributed by atoms with Crippen molar-refractivity contribution in [3.8, 4) is 0 Å². The molecule has 1 saturated heterocycles. The molecule has 2 unspecified atom stereocenters. The van der Waals surface area contributed by atoms with Crippen molar-refractivity contribution in [2.24, 2.45) is 0 Å². The van der Waals surface area contributed by atoms with Gasteiger partial charge in [-0.3, -0.25) is 0 Å². The van der Waals surface area contributed by atoms with Crippen LogP contribution in [-0.4, -0.2) is 16.1 Å². The van der Waals surface area contributed by atoms with E-state index in [2.05, 4.69) is 0 Å². The van der Waals surface area contributed by atoms with Crippen LogP contribution in [0.3, 0.4) is 0 Å². The monoisotopic (exact) mass is 260 g/mol. The van der Waals surface area contributed by atoms with Crippen LogP contribution < -0.4 is 0 Å². The first kappa shape index (κ1) is 12.2. The third-order valence-electron chi connectivity index (χ3n) is 2.84. The van der Waals surface area contributed by atoms with Crippen LogP contribution in [0.5, 0.6) is 0 Å². The number of hydrogen-bond donors (Lipinski definition) is 1. The number of halogens is 2. The summed E-state index contributed by atoms with van der Waals surface area (Å²) in [7, 11) is 0. The minimum atomic E-state index is -0.659. The van der Waals surface area contributed by atoms with Crippen LogP contribution in [0.4, 0.5) is 4.39 Å². The summed E-state index contributed by atoms with van der Waals surface area (Å²) < 4.78 is 13.1. The van der Waals surface area contributed by atoms with Gasteiger partial charge in [0.2, 0.25) is 0 Å². The topological polar surface area (TPSA) is 20.2 Å². The first-order valence-corrected chi connectivity index (χ1v) is 6.86. The molecule has 1 aliphatic heterocycles. The van der Waals surface area contributed by atoms with Crippen LogP contribution >= 0.6 is 23.4 Å². The number of hydrogen-bond acceptors (Lipinski definition) is 2.